The van der Waals surface area contributed by atoms with E-state index < -0.39 is 0 Å². The molecule has 23 heavy (non-hydrogen) atoms. The van der Waals surface area contributed by atoms with Crippen LogP contribution in [0.4, 0.5) is 0 Å². The van der Waals surface area contributed by atoms with E-state index in [2.05, 4.69) is 65.4 Å². The molecule has 0 amide bonds. The molecule has 0 unspecified atom stereocenters. The molecule has 2 heterocycles. The van der Waals surface area contributed by atoms with Gasteiger partial charge in [-0.05, 0) is 46.9 Å². The first-order valence-corrected chi connectivity index (χ1v) is 8.02. The van der Waals surface area contributed by atoms with Gasteiger partial charge in [0.15, 0.2) is 0 Å². The fourth-order valence-electron chi connectivity index (χ4n) is 3.08. The summed E-state index contributed by atoms with van der Waals surface area (Å²) >= 11 is 0. The van der Waals surface area contributed by atoms with Crippen molar-refractivity contribution < 1.29 is 0 Å². The Balaban J connectivity index is 1.85. The van der Waals surface area contributed by atoms with Crippen LogP contribution in [0.25, 0.3) is 22.4 Å². The third-order valence-electron chi connectivity index (χ3n) is 4.37. The van der Waals surface area contributed by atoms with Gasteiger partial charge < -0.3 is 0 Å². The van der Waals surface area contributed by atoms with Crippen molar-refractivity contribution in [2.45, 2.75) is 19.9 Å². The highest BCUT2D eigenvalue weighted by Gasteiger charge is 2.12. The Bertz CT molecular complexity index is 894. The van der Waals surface area contributed by atoms with Crippen molar-refractivity contribution in [2.75, 3.05) is 0 Å². The van der Waals surface area contributed by atoms with Gasteiger partial charge in [0.2, 0.25) is 0 Å². The highest BCUT2D eigenvalue weighted by atomic mass is 14.7. The molecule has 0 fully saturated rings. The molecule has 2 aromatic carbocycles. The smallest absolute Gasteiger partial charge is 0.0780 e. The van der Waals surface area contributed by atoms with Crippen molar-refractivity contribution in [3.8, 4) is 22.4 Å². The summed E-state index contributed by atoms with van der Waals surface area (Å²) in [6, 6.07) is 19.4. The van der Waals surface area contributed by atoms with E-state index in [0.717, 1.165) is 18.7 Å². The van der Waals surface area contributed by atoms with E-state index in [1.165, 1.54) is 33.4 Å². The maximum Gasteiger partial charge on any atom is 0.0780 e. The molecule has 0 saturated carbocycles. The molecule has 112 valence electrons. The van der Waals surface area contributed by atoms with Crippen LogP contribution in [0.5, 0.6) is 0 Å². The highest BCUT2D eigenvalue weighted by Crippen LogP contribution is 2.32. The minimum atomic E-state index is 0.800. The summed E-state index contributed by atoms with van der Waals surface area (Å²) in [6.07, 6.45) is 4.87. The predicted octanol–water partition coefficient (Wildman–Crippen LogP) is 4.91. The van der Waals surface area contributed by atoms with Gasteiger partial charge in [0.05, 0.1) is 12.2 Å². The van der Waals surface area contributed by atoms with Crippen LogP contribution < -0.4 is 0 Å². The molecule has 0 bridgehead atoms. The number of nitrogens with zero attached hydrogens (tertiary/aromatic N) is 2. The van der Waals surface area contributed by atoms with Crippen LogP contribution in [-0.4, -0.2) is 11.2 Å². The lowest BCUT2D eigenvalue weighted by Crippen LogP contribution is -1.92. The number of pyridine rings is 1. The van der Waals surface area contributed by atoms with Crippen LogP contribution in [0.2, 0.25) is 0 Å². The van der Waals surface area contributed by atoms with Crippen LogP contribution >= 0.6 is 0 Å². The lowest BCUT2D eigenvalue weighted by atomic mass is 9.95. The van der Waals surface area contributed by atoms with Crippen molar-refractivity contribution >= 4 is 6.21 Å². The average Bonchev–Trinajstić information content (AvgIpc) is 3.09. The molecule has 1 aromatic heterocycles. The Morgan fingerprint density at radius 1 is 0.957 bits per heavy atom. The summed E-state index contributed by atoms with van der Waals surface area (Å²) in [5.74, 6) is 0. The maximum atomic E-state index is 4.66. The van der Waals surface area contributed by atoms with Crippen LogP contribution in [0.15, 0.2) is 65.8 Å². The quantitative estimate of drug-likeness (QED) is 0.674. The fourth-order valence-corrected chi connectivity index (χ4v) is 3.08. The summed E-state index contributed by atoms with van der Waals surface area (Å²) in [6.45, 7) is 2.98. The molecule has 4 rings (SSSR count). The topological polar surface area (TPSA) is 25.2 Å². The average molecular weight is 298 g/mol. The second-order valence-electron chi connectivity index (χ2n) is 5.84. The van der Waals surface area contributed by atoms with E-state index in [9.17, 15) is 0 Å². The zero-order chi connectivity index (χ0) is 15.6. The Morgan fingerprint density at radius 3 is 2.83 bits per heavy atom. The monoisotopic (exact) mass is 298 g/mol. The van der Waals surface area contributed by atoms with Crippen molar-refractivity contribution in [1.29, 1.82) is 0 Å². The Hall–Kier alpha value is -2.74. The molecule has 0 saturated heterocycles. The maximum absolute atomic E-state index is 4.66. The summed E-state index contributed by atoms with van der Waals surface area (Å²) in [5, 5.41) is 0. The zero-order valence-corrected chi connectivity index (χ0v) is 13.2. The molecule has 0 atom stereocenters. The second-order valence-corrected chi connectivity index (χ2v) is 5.84. The van der Waals surface area contributed by atoms with Crippen LogP contribution in [0, 0.1) is 0 Å². The van der Waals surface area contributed by atoms with E-state index in [-0.39, 0.29) is 0 Å². The van der Waals surface area contributed by atoms with Crippen molar-refractivity contribution in [3.63, 3.8) is 0 Å². The number of benzene rings is 2. The fraction of sp³-hybridized carbons (Fsp3) is 0.143. The van der Waals surface area contributed by atoms with Crippen molar-refractivity contribution in [1.82, 2.24) is 4.98 Å². The van der Waals surface area contributed by atoms with Gasteiger partial charge in [0, 0.05) is 23.5 Å². The van der Waals surface area contributed by atoms with Gasteiger partial charge in [-0.1, -0.05) is 43.3 Å². The molecule has 2 nitrogen and oxygen atoms in total. The Labute approximate surface area is 136 Å². The Morgan fingerprint density at radius 2 is 1.91 bits per heavy atom. The Kier molecular flexibility index (Phi) is 3.51. The first-order valence-electron chi connectivity index (χ1n) is 8.02. The molecular formula is C21H18N2. The molecule has 0 N–H and O–H groups in total. The summed E-state index contributed by atoms with van der Waals surface area (Å²) < 4.78 is 0. The number of hydrogen-bond acceptors (Lipinski definition) is 2. The number of aryl methyl sites for hydroxylation is 1. The lowest BCUT2D eigenvalue weighted by Gasteiger charge is -2.11. The number of hydrogen-bond donors (Lipinski definition) is 0. The van der Waals surface area contributed by atoms with E-state index in [4.69, 9.17) is 0 Å². The summed E-state index contributed by atoms with van der Waals surface area (Å²) in [4.78, 5) is 9.01. The van der Waals surface area contributed by atoms with Crippen molar-refractivity contribution in [3.05, 3.63) is 77.5 Å². The summed E-state index contributed by atoms with van der Waals surface area (Å²) in [7, 11) is 0. The summed E-state index contributed by atoms with van der Waals surface area (Å²) in [5.41, 5.74) is 8.43. The third kappa shape index (κ3) is 2.57. The number of fused-ring (bicyclic) bond motifs is 1. The zero-order valence-electron chi connectivity index (χ0n) is 13.2. The van der Waals surface area contributed by atoms with Gasteiger partial charge in [-0.2, -0.15) is 0 Å². The molecule has 0 aliphatic carbocycles. The van der Waals surface area contributed by atoms with Gasteiger partial charge in [-0.3, -0.25) is 9.98 Å². The lowest BCUT2D eigenvalue weighted by molar-refractivity contribution is 1.11. The molecule has 0 spiro atoms. The van der Waals surface area contributed by atoms with Crippen LogP contribution in [-0.2, 0) is 13.0 Å². The van der Waals surface area contributed by atoms with E-state index >= 15 is 0 Å². The van der Waals surface area contributed by atoms with Crippen LogP contribution in [0.1, 0.15) is 23.6 Å². The van der Waals surface area contributed by atoms with E-state index in [1.54, 1.807) is 0 Å². The molecule has 0 radical (unpaired) electrons. The molecular weight excluding hydrogens is 280 g/mol. The van der Waals surface area contributed by atoms with Gasteiger partial charge in [0.1, 0.15) is 0 Å². The first-order chi connectivity index (χ1) is 11.3. The van der Waals surface area contributed by atoms with Crippen molar-refractivity contribution in [2.24, 2.45) is 4.99 Å². The van der Waals surface area contributed by atoms with Gasteiger partial charge in [0.25, 0.3) is 0 Å². The SMILES string of the molecule is CCc1cccc(-c2ncccc2-c2ccc3c(c2)C=NC3)c1. The third-order valence-corrected chi connectivity index (χ3v) is 4.37. The number of aromatic nitrogens is 1. The van der Waals surface area contributed by atoms with Gasteiger partial charge in [-0.25, -0.2) is 0 Å². The minimum absolute atomic E-state index is 0.800. The first kappa shape index (κ1) is 13.9. The molecule has 2 heteroatoms. The normalized spacial score (nSPS) is 12.4. The van der Waals surface area contributed by atoms with Gasteiger partial charge >= 0.3 is 0 Å². The highest BCUT2D eigenvalue weighted by molar-refractivity contribution is 5.89. The number of rotatable bonds is 3. The second kappa shape index (κ2) is 5.81. The minimum Gasteiger partial charge on any atom is -0.288 e. The number of aliphatic imine (C=N–C) groups is 1. The largest absolute Gasteiger partial charge is 0.288 e. The van der Waals surface area contributed by atoms with E-state index in [1.807, 2.05) is 18.5 Å². The van der Waals surface area contributed by atoms with E-state index in [0.29, 0.717) is 0 Å². The molecule has 1 aliphatic rings. The molecule has 3 aromatic rings. The molecule has 1 aliphatic heterocycles. The standard InChI is InChI=1S/C21H18N2/c1-2-15-5-3-6-17(11-15)21-20(7-4-10-23-21)16-8-9-18-13-22-14-19(18)12-16/h3-12,14H,2,13H2,1H3. The predicted molar refractivity (Wildman–Crippen MR) is 95.8 cm³/mol. The van der Waals surface area contributed by atoms with Gasteiger partial charge in [-0.15, -0.1) is 0 Å². The van der Waals surface area contributed by atoms with Crippen LogP contribution in [0.3, 0.4) is 0 Å².